The van der Waals surface area contributed by atoms with Crippen LogP contribution in [0.4, 0.5) is 4.79 Å². The van der Waals surface area contributed by atoms with Gasteiger partial charge in [-0.2, -0.15) is 0 Å². The Morgan fingerprint density at radius 2 is 1.88 bits per heavy atom. The zero-order valence-corrected chi connectivity index (χ0v) is 13.7. The number of hydrogen-bond donors (Lipinski definition) is 3. The molecule has 0 heterocycles. The lowest BCUT2D eigenvalue weighted by atomic mass is 10.2. The molecular weight excluding hydrogens is 316 g/mol. The van der Waals surface area contributed by atoms with E-state index in [4.69, 9.17) is 4.74 Å². The van der Waals surface area contributed by atoms with Gasteiger partial charge in [-0.15, -0.1) is 0 Å². The van der Waals surface area contributed by atoms with E-state index < -0.39 is 30.1 Å². The van der Waals surface area contributed by atoms with Crippen molar-refractivity contribution in [2.75, 3.05) is 13.7 Å². The van der Waals surface area contributed by atoms with Crippen molar-refractivity contribution in [2.24, 2.45) is 0 Å². The Balaban J connectivity index is 2.22. The summed E-state index contributed by atoms with van der Waals surface area (Å²) in [5, 5.41) is 14.5. The van der Waals surface area contributed by atoms with Crippen LogP contribution in [-0.2, 0) is 25.7 Å². The van der Waals surface area contributed by atoms with Crippen LogP contribution < -0.4 is 10.6 Å². The van der Waals surface area contributed by atoms with E-state index in [1.807, 2.05) is 30.3 Å². The molecule has 0 aliphatic rings. The van der Waals surface area contributed by atoms with E-state index >= 15 is 0 Å². The summed E-state index contributed by atoms with van der Waals surface area (Å²) in [5.74, 6) is -1.11. The number of carbonyl (C=O) groups is 3. The SMILES string of the molecule is COC(=O)[C@H](C)NC(=O)C[C@@H](O)CNC(=O)OCc1ccccc1. The highest BCUT2D eigenvalue weighted by atomic mass is 16.5. The van der Waals surface area contributed by atoms with Crippen molar-refractivity contribution in [3.8, 4) is 0 Å². The van der Waals surface area contributed by atoms with Crippen molar-refractivity contribution < 1.29 is 29.0 Å². The Bertz CT molecular complexity index is 549. The van der Waals surface area contributed by atoms with Crippen molar-refractivity contribution in [1.82, 2.24) is 10.6 Å². The fraction of sp³-hybridized carbons (Fsp3) is 0.438. The van der Waals surface area contributed by atoms with E-state index in [2.05, 4.69) is 15.4 Å². The van der Waals surface area contributed by atoms with E-state index in [0.29, 0.717) is 0 Å². The molecule has 0 radical (unpaired) electrons. The maximum Gasteiger partial charge on any atom is 0.407 e. The monoisotopic (exact) mass is 338 g/mol. The number of alkyl carbamates (subject to hydrolysis) is 1. The number of amides is 2. The molecule has 0 aliphatic heterocycles. The zero-order valence-electron chi connectivity index (χ0n) is 13.7. The first-order valence-electron chi connectivity index (χ1n) is 7.42. The standard InChI is InChI=1S/C16H22N2O6/c1-11(15(21)23-2)18-14(20)8-13(19)9-17-16(22)24-10-12-6-4-3-5-7-12/h3-7,11,13,19H,8-10H2,1-2H3,(H,17,22)(H,18,20)/t11-,13+/m0/s1. The van der Waals surface area contributed by atoms with Gasteiger partial charge in [0.25, 0.3) is 0 Å². The Morgan fingerprint density at radius 3 is 2.50 bits per heavy atom. The second-order valence-corrected chi connectivity index (χ2v) is 5.11. The molecular formula is C16H22N2O6. The number of ether oxygens (including phenoxy) is 2. The lowest BCUT2D eigenvalue weighted by molar-refractivity contribution is -0.144. The lowest BCUT2D eigenvalue weighted by Crippen LogP contribution is -2.42. The van der Waals surface area contributed by atoms with Gasteiger partial charge in [0.1, 0.15) is 12.6 Å². The van der Waals surface area contributed by atoms with Crippen LogP contribution in [0.1, 0.15) is 18.9 Å². The van der Waals surface area contributed by atoms with Crippen LogP contribution in [0.5, 0.6) is 0 Å². The highest BCUT2D eigenvalue weighted by Gasteiger charge is 2.18. The molecule has 8 nitrogen and oxygen atoms in total. The summed E-state index contributed by atoms with van der Waals surface area (Å²) in [6.07, 6.45) is -2.05. The van der Waals surface area contributed by atoms with Crippen LogP contribution in [0.2, 0.25) is 0 Å². The topological polar surface area (TPSA) is 114 Å². The van der Waals surface area contributed by atoms with Crippen molar-refractivity contribution in [1.29, 1.82) is 0 Å². The number of nitrogens with one attached hydrogen (secondary N) is 2. The number of benzene rings is 1. The van der Waals surface area contributed by atoms with Crippen molar-refractivity contribution in [3.05, 3.63) is 35.9 Å². The molecule has 24 heavy (non-hydrogen) atoms. The van der Waals surface area contributed by atoms with Gasteiger partial charge in [-0.05, 0) is 12.5 Å². The van der Waals surface area contributed by atoms with Gasteiger partial charge >= 0.3 is 12.1 Å². The summed E-state index contributed by atoms with van der Waals surface area (Å²) >= 11 is 0. The van der Waals surface area contributed by atoms with E-state index in [9.17, 15) is 19.5 Å². The molecule has 1 rings (SSSR count). The molecule has 1 aromatic carbocycles. The summed E-state index contributed by atoms with van der Waals surface area (Å²) in [6.45, 7) is 1.43. The molecule has 3 N–H and O–H groups in total. The summed E-state index contributed by atoms with van der Waals surface area (Å²) in [6, 6.07) is 8.33. The fourth-order valence-electron chi connectivity index (χ4n) is 1.80. The second kappa shape index (κ2) is 10.2. The summed E-state index contributed by atoms with van der Waals surface area (Å²) < 4.78 is 9.44. The van der Waals surface area contributed by atoms with Crippen LogP contribution >= 0.6 is 0 Å². The molecule has 0 bridgehead atoms. The summed E-state index contributed by atoms with van der Waals surface area (Å²) in [4.78, 5) is 34.3. The largest absolute Gasteiger partial charge is 0.467 e. The Morgan fingerprint density at radius 1 is 1.21 bits per heavy atom. The molecule has 0 spiro atoms. The number of hydrogen-bond acceptors (Lipinski definition) is 6. The van der Waals surface area contributed by atoms with Crippen LogP contribution in [0.15, 0.2) is 30.3 Å². The minimum Gasteiger partial charge on any atom is -0.467 e. The first-order chi connectivity index (χ1) is 11.4. The van der Waals surface area contributed by atoms with Crippen LogP contribution in [0, 0.1) is 0 Å². The Labute approximate surface area is 140 Å². The third kappa shape index (κ3) is 7.59. The molecule has 8 heteroatoms. The summed E-state index contributed by atoms with van der Waals surface area (Å²) in [7, 11) is 1.21. The molecule has 0 saturated heterocycles. The summed E-state index contributed by atoms with van der Waals surface area (Å²) in [5.41, 5.74) is 0.837. The van der Waals surface area contributed by atoms with Gasteiger partial charge in [0.2, 0.25) is 5.91 Å². The number of aliphatic hydroxyl groups excluding tert-OH is 1. The Kier molecular flexibility index (Phi) is 8.28. The van der Waals surface area contributed by atoms with Crippen molar-refractivity contribution in [2.45, 2.75) is 32.1 Å². The maximum atomic E-state index is 11.6. The fourth-order valence-corrected chi connectivity index (χ4v) is 1.80. The predicted octanol–water partition coefficient (Wildman–Crippen LogP) is 0.341. The third-order valence-electron chi connectivity index (χ3n) is 3.05. The average Bonchev–Trinajstić information content (AvgIpc) is 2.58. The minimum atomic E-state index is -1.10. The maximum absolute atomic E-state index is 11.6. The molecule has 132 valence electrons. The molecule has 0 aromatic heterocycles. The number of rotatable bonds is 8. The van der Waals surface area contributed by atoms with Gasteiger partial charge in [-0.1, -0.05) is 30.3 Å². The van der Waals surface area contributed by atoms with Gasteiger partial charge in [0.15, 0.2) is 0 Å². The number of esters is 1. The number of carbonyl (C=O) groups excluding carboxylic acids is 3. The lowest BCUT2D eigenvalue weighted by Gasteiger charge is -2.14. The normalized spacial score (nSPS) is 12.6. The first-order valence-corrected chi connectivity index (χ1v) is 7.42. The van der Waals surface area contributed by atoms with Gasteiger partial charge in [-0.3, -0.25) is 4.79 Å². The first kappa shape index (κ1) is 19.4. The van der Waals surface area contributed by atoms with E-state index in [-0.39, 0.29) is 19.6 Å². The zero-order chi connectivity index (χ0) is 17.9. The molecule has 0 unspecified atom stereocenters. The Hall–Kier alpha value is -2.61. The predicted molar refractivity (Wildman–Crippen MR) is 84.9 cm³/mol. The number of aliphatic hydroxyl groups is 1. The van der Waals surface area contributed by atoms with Crippen molar-refractivity contribution in [3.63, 3.8) is 0 Å². The van der Waals surface area contributed by atoms with Crippen LogP contribution in [0.3, 0.4) is 0 Å². The molecule has 2 atom stereocenters. The molecule has 0 aliphatic carbocycles. The smallest absolute Gasteiger partial charge is 0.407 e. The minimum absolute atomic E-state index is 0.111. The third-order valence-corrected chi connectivity index (χ3v) is 3.05. The van der Waals surface area contributed by atoms with Gasteiger partial charge in [0.05, 0.1) is 19.6 Å². The van der Waals surface area contributed by atoms with Gasteiger partial charge < -0.3 is 25.2 Å². The molecule has 0 fully saturated rings. The molecule has 1 aromatic rings. The molecule has 2 amide bonds. The van der Waals surface area contributed by atoms with E-state index in [0.717, 1.165) is 5.56 Å². The van der Waals surface area contributed by atoms with Gasteiger partial charge in [-0.25, -0.2) is 9.59 Å². The van der Waals surface area contributed by atoms with Crippen molar-refractivity contribution >= 4 is 18.0 Å². The highest BCUT2D eigenvalue weighted by molar-refractivity contribution is 5.84. The van der Waals surface area contributed by atoms with E-state index in [1.54, 1.807) is 0 Å². The molecule has 0 saturated carbocycles. The average molecular weight is 338 g/mol. The van der Waals surface area contributed by atoms with Crippen LogP contribution in [0.25, 0.3) is 0 Å². The van der Waals surface area contributed by atoms with Crippen LogP contribution in [-0.4, -0.2) is 48.9 Å². The van der Waals surface area contributed by atoms with Gasteiger partial charge in [0, 0.05) is 6.54 Å². The number of methoxy groups -OCH3 is 1. The second-order valence-electron chi connectivity index (χ2n) is 5.11. The quantitative estimate of drug-likeness (QED) is 0.589. The van der Waals surface area contributed by atoms with E-state index in [1.165, 1.54) is 14.0 Å². The highest BCUT2D eigenvalue weighted by Crippen LogP contribution is 2.00.